The highest BCUT2D eigenvalue weighted by Gasteiger charge is 2.20. The number of nitrogens with zero attached hydrogens (tertiary/aromatic N) is 1. The predicted octanol–water partition coefficient (Wildman–Crippen LogP) is 2.74. The summed E-state index contributed by atoms with van der Waals surface area (Å²) in [6, 6.07) is 11.5. The molecule has 1 aromatic heterocycles. The zero-order chi connectivity index (χ0) is 15.6. The minimum absolute atomic E-state index is 0.0367. The molecule has 0 bridgehead atoms. The summed E-state index contributed by atoms with van der Waals surface area (Å²) in [5, 5.41) is 0. The van der Waals surface area contributed by atoms with Crippen molar-refractivity contribution in [2.24, 2.45) is 5.73 Å². The molecule has 112 valence electrons. The van der Waals surface area contributed by atoms with Crippen molar-refractivity contribution in [3.63, 3.8) is 0 Å². The van der Waals surface area contributed by atoms with Crippen LogP contribution in [0.1, 0.15) is 26.3 Å². The first-order chi connectivity index (χ1) is 9.88. The number of hydrogen-bond acceptors (Lipinski definition) is 3. The molecule has 1 heterocycles. The van der Waals surface area contributed by atoms with Crippen molar-refractivity contribution in [2.75, 3.05) is 7.11 Å². The largest absolute Gasteiger partial charge is 0.497 e. The molecule has 0 aliphatic rings. The van der Waals surface area contributed by atoms with E-state index in [9.17, 15) is 4.79 Å². The van der Waals surface area contributed by atoms with Gasteiger partial charge in [-0.2, -0.15) is 0 Å². The molecule has 4 nitrogen and oxygen atoms in total. The van der Waals surface area contributed by atoms with Gasteiger partial charge in [0.05, 0.1) is 12.8 Å². The van der Waals surface area contributed by atoms with Gasteiger partial charge < -0.3 is 15.0 Å². The van der Waals surface area contributed by atoms with E-state index in [2.05, 4.69) is 0 Å². The number of hydrogen-bond donors (Lipinski definition) is 1. The van der Waals surface area contributed by atoms with Gasteiger partial charge in [0.2, 0.25) is 0 Å². The minimum atomic E-state index is -0.652. The van der Waals surface area contributed by atoms with Gasteiger partial charge in [0.1, 0.15) is 5.75 Å². The second kappa shape index (κ2) is 5.74. The van der Waals surface area contributed by atoms with Crippen molar-refractivity contribution in [1.29, 1.82) is 0 Å². The van der Waals surface area contributed by atoms with Crippen LogP contribution in [0.15, 0.2) is 41.2 Å². The van der Waals surface area contributed by atoms with Crippen molar-refractivity contribution in [2.45, 2.75) is 32.9 Å². The molecule has 0 radical (unpaired) electrons. The lowest BCUT2D eigenvalue weighted by atomic mass is 9.96. The Hall–Kier alpha value is -2.07. The van der Waals surface area contributed by atoms with E-state index >= 15 is 0 Å². The molecule has 0 fully saturated rings. The Labute approximate surface area is 125 Å². The maximum atomic E-state index is 12.6. The lowest BCUT2D eigenvalue weighted by Crippen LogP contribution is -2.38. The molecule has 0 spiro atoms. The van der Waals surface area contributed by atoms with Gasteiger partial charge in [-0.05, 0) is 45.0 Å². The zero-order valence-electron chi connectivity index (χ0n) is 13.0. The number of rotatable bonds is 4. The monoisotopic (exact) mass is 286 g/mol. The van der Waals surface area contributed by atoms with E-state index in [1.54, 1.807) is 11.7 Å². The molecule has 2 aromatic rings. The summed E-state index contributed by atoms with van der Waals surface area (Å²) in [4.78, 5) is 12.6. The SMILES string of the molecule is CCn1c(-c2cccc(OC)c2)ccc(C(C)(C)N)c1=O. The van der Waals surface area contributed by atoms with Crippen LogP contribution in [0.3, 0.4) is 0 Å². The molecule has 1 aromatic carbocycles. The molecule has 0 aliphatic carbocycles. The van der Waals surface area contributed by atoms with Crippen LogP contribution in [0.4, 0.5) is 0 Å². The molecule has 21 heavy (non-hydrogen) atoms. The van der Waals surface area contributed by atoms with Crippen LogP contribution < -0.4 is 16.0 Å². The molecule has 4 heteroatoms. The molecule has 0 amide bonds. The average molecular weight is 286 g/mol. The fourth-order valence-electron chi connectivity index (χ4n) is 2.42. The minimum Gasteiger partial charge on any atom is -0.497 e. The van der Waals surface area contributed by atoms with Gasteiger partial charge in [-0.25, -0.2) is 0 Å². The molecule has 0 saturated carbocycles. The van der Waals surface area contributed by atoms with Gasteiger partial charge in [0, 0.05) is 23.2 Å². The van der Waals surface area contributed by atoms with Crippen LogP contribution in [-0.4, -0.2) is 11.7 Å². The molecule has 2 rings (SSSR count). The summed E-state index contributed by atoms with van der Waals surface area (Å²) < 4.78 is 7.00. The highest BCUT2D eigenvalue weighted by atomic mass is 16.5. The van der Waals surface area contributed by atoms with E-state index in [-0.39, 0.29) is 5.56 Å². The Bertz CT molecular complexity index is 697. The topological polar surface area (TPSA) is 57.2 Å². The smallest absolute Gasteiger partial charge is 0.256 e. The molecule has 2 N–H and O–H groups in total. The maximum Gasteiger partial charge on any atom is 0.256 e. The normalized spacial score (nSPS) is 11.5. The van der Waals surface area contributed by atoms with Crippen molar-refractivity contribution in [1.82, 2.24) is 4.57 Å². The number of benzene rings is 1. The summed E-state index contributed by atoms with van der Waals surface area (Å²) in [6.45, 7) is 6.23. The lowest BCUT2D eigenvalue weighted by molar-refractivity contribution is 0.415. The lowest BCUT2D eigenvalue weighted by Gasteiger charge is -2.21. The van der Waals surface area contributed by atoms with Crippen molar-refractivity contribution in [3.05, 3.63) is 52.3 Å². The third-order valence-corrected chi connectivity index (χ3v) is 3.55. The van der Waals surface area contributed by atoms with E-state index in [1.165, 1.54) is 0 Å². The number of pyridine rings is 1. The van der Waals surface area contributed by atoms with Crippen molar-refractivity contribution in [3.8, 4) is 17.0 Å². The fourth-order valence-corrected chi connectivity index (χ4v) is 2.42. The van der Waals surface area contributed by atoms with Crippen molar-refractivity contribution < 1.29 is 4.74 Å². The first kappa shape index (κ1) is 15.3. The first-order valence-corrected chi connectivity index (χ1v) is 7.06. The van der Waals surface area contributed by atoms with Gasteiger partial charge in [-0.3, -0.25) is 4.79 Å². The zero-order valence-corrected chi connectivity index (χ0v) is 13.0. The Morgan fingerprint density at radius 1 is 1.24 bits per heavy atom. The molecular weight excluding hydrogens is 264 g/mol. The van der Waals surface area contributed by atoms with Crippen LogP contribution in [-0.2, 0) is 12.1 Å². The standard InChI is InChI=1S/C17H22N2O2/c1-5-19-15(12-7-6-8-13(11-12)21-4)10-9-14(16(19)20)17(2,3)18/h6-11H,5,18H2,1-4H3. The van der Waals surface area contributed by atoms with E-state index < -0.39 is 5.54 Å². The second-order valence-corrected chi connectivity index (χ2v) is 5.64. The summed E-state index contributed by atoms with van der Waals surface area (Å²) in [6.07, 6.45) is 0. The summed E-state index contributed by atoms with van der Waals surface area (Å²) >= 11 is 0. The van der Waals surface area contributed by atoms with Crippen LogP contribution in [0.25, 0.3) is 11.3 Å². The molecule has 0 unspecified atom stereocenters. The summed E-state index contributed by atoms with van der Waals surface area (Å²) in [5.74, 6) is 0.769. The van der Waals surface area contributed by atoms with E-state index in [4.69, 9.17) is 10.5 Å². The molecule has 0 saturated heterocycles. The number of methoxy groups -OCH3 is 1. The van der Waals surface area contributed by atoms with Crippen LogP contribution in [0.2, 0.25) is 0 Å². The third kappa shape index (κ3) is 3.00. The molecular formula is C17H22N2O2. The average Bonchev–Trinajstić information content (AvgIpc) is 2.45. The predicted molar refractivity (Wildman–Crippen MR) is 85.6 cm³/mol. The summed E-state index contributed by atoms with van der Waals surface area (Å²) in [7, 11) is 1.63. The third-order valence-electron chi connectivity index (χ3n) is 3.55. The number of aromatic nitrogens is 1. The van der Waals surface area contributed by atoms with Crippen LogP contribution >= 0.6 is 0 Å². The summed E-state index contributed by atoms with van der Waals surface area (Å²) in [5.41, 5.74) is 7.84. The first-order valence-electron chi connectivity index (χ1n) is 7.06. The Kier molecular flexibility index (Phi) is 4.19. The van der Waals surface area contributed by atoms with E-state index in [0.717, 1.165) is 17.0 Å². The van der Waals surface area contributed by atoms with Gasteiger partial charge in [-0.1, -0.05) is 12.1 Å². The Morgan fingerprint density at radius 2 is 1.95 bits per heavy atom. The highest BCUT2D eigenvalue weighted by molar-refractivity contribution is 5.62. The fraction of sp³-hybridized carbons (Fsp3) is 0.353. The Balaban J connectivity index is 2.65. The molecule has 0 atom stereocenters. The number of ether oxygens (including phenoxy) is 1. The highest BCUT2D eigenvalue weighted by Crippen LogP contribution is 2.24. The van der Waals surface area contributed by atoms with Crippen molar-refractivity contribution >= 4 is 0 Å². The van der Waals surface area contributed by atoms with Gasteiger partial charge >= 0.3 is 0 Å². The van der Waals surface area contributed by atoms with Gasteiger partial charge in [0.25, 0.3) is 5.56 Å². The number of nitrogens with two attached hydrogens (primary N) is 1. The van der Waals surface area contributed by atoms with Gasteiger partial charge in [0.15, 0.2) is 0 Å². The van der Waals surface area contributed by atoms with Crippen LogP contribution in [0, 0.1) is 0 Å². The quantitative estimate of drug-likeness (QED) is 0.940. The second-order valence-electron chi connectivity index (χ2n) is 5.64. The van der Waals surface area contributed by atoms with Crippen LogP contribution in [0.5, 0.6) is 5.75 Å². The van der Waals surface area contributed by atoms with Gasteiger partial charge in [-0.15, -0.1) is 0 Å². The van der Waals surface area contributed by atoms with E-state index in [1.807, 2.05) is 57.2 Å². The van der Waals surface area contributed by atoms with E-state index in [0.29, 0.717) is 12.1 Å². The molecule has 0 aliphatic heterocycles. The maximum absolute atomic E-state index is 12.6. The Morgan fingerprint density at radius 3 is 2.52 bits per heavy atom.